The van der Waals surface area contributed by atoms with Crippen LogP contribution < -0.4 is 17.0 Å². The van der Waals surface area contributed by atoms with Crippen LogP contribution in [-0.4, -0.2) is 26.9 Å². The first-order chi connectivity index (χ1) is 9.10. The lowest BCUT2D eigenvalue weighted by Gasteiger charge is -1.92. The first-order valence-electron chi connectivity index (χ1n) is 5.79. The topological polar surface area (TPSA) is 89.1 Å². The minimum absolute atomic E-state index is 0.204. The van der Waals surface area contributed by atoms with Gasteiger partial charge >= 0.3 is 0 Å². The Morgan fingerprint density at radius 1 is 1.58 bits per heavy atom. The lowest BCUT2D eigenvalue weighted by Crippen LogP contribution is -2.22. The van der Waals surface area contributed by atoms with Gasteiger partial charge in [-0.25, -0.2) is 4.98 Å². The maximum atomic E-state index is 11.5. The highest BCUT2D eigenvalue weighted by Gasteiger charge is 2.07. The van der Waals surface area contributed by atoms with E-state index in [-0.39, 0.29) is 5.56 Å². The maximum Gasteiger partial charge on any atom is 0.275 e. The highest BCUT2D eigenvalue weighted by Crippen LogP contribution is 1.93. The summed E-state index contributed by atoms with van der Waals surface area (Å²) in [7, 11) is 0.551. The molecule has 2 rings (SSSR count). The molecule has 0 aliphatic rings. The van der Waals surface area contributed by atoms with Crippen molar-refractivity contribution in [2.45, 2.75) is 6.92 Å². The van der Waals surface area contributed by atoms with E-state index in [2.05, 4.69) is 21.6 Å². The van der Waals surface area contributed by atoms with Gasteiger partial charge in [-0.15, -0.1) is 0 Å². The SMILES string of the molecule is C=C/C(N)=C\C=C(/C)Bc1nc2[nH]ccc(=O)n2n1. The molecule has 0 unspecified atom stereocenters. The number of hydrogen-bond acceptors (Lipinski definition) is 4. The van der Waals surface area contributed by atoms with Crippen LogP contribution in [0.3, 0.4) is 0 Å². The number of hydrogen-bond donors (Lipinski definition) is 2. The predicted molar refractivity (Wildman–Crippen MR) is 76.6 cm³/mol. The molecule has 0 fully saturated rings. The molecule has 0 radical (unpaired) electrons. The molecule has 2 aromatic rings. The number of nitrogens with zero attached hydrogens (tertiary/aromatic N) is 3. The van der Waals surface area contributed by atoms with E-state index in [1.54, 1.807) is 18.3 Å². The van der Waals surface area contributed by atoms with Crippen molar-refractivity contribution in [3.05, 3.63) is 58.6 Å². The molecule has 0 saturated heterocycles. The molecule has 2 heterocycles. The first-order valence-corrected chi connectivity index (χ1v) is 5.79. The zero-order chi connectivity index (χ0) is 13.8. The normalized spacial score (nSPS) is 12.7. The van der Waals surface area contributed by atoms with Crippen LogP contribution in [-0.2, 0) is 0 Å². The van der Waals surface area contributed by atoms with Crippen molar-refractivity contribution < 1.29 is 0 Å². The van der Waals surface area contributed by atoms with E-state index in [4.69, 9.17) is 5.73 Å². The molecule has 19 heavy (non-hydrogen) atoms. The van der Waals surface area contributed by atoms with Gasteiger partial charge in [0.25, 0.3) is 5.56 Å². The number of nitrogens with two attached hydrogens (primary N) is 1. The standard InChI is InChI=1S/C12H14BN5O/c1-3-9(14)5-4-8(2)13-11-16-12-15-7-6-10(19)18(12)17-11/h3-7,13H,1,14H2,2H3,(H,15,16,17)/b8-4+,9-5+. The number of rotatable bonds is 4. The monoisotopic (exact) mass is 255 g/mol. The number of allylic oxidation sites excluding steroid dienone is 4. The van der Waals surface area contributed by atoms with Gasteiger partial charge in [-0.3, -0.25) is 4.79 Å². The van der Waals surface area contributed by atoms with Crippen LogP contribution in [0.5, 0.6) is 0 Å². The van der Waals surface area contributed by atoms with E-state index >= 15 is 0 Å². The Bertz CT molecular complexity index is 725. The Labute approximate surface area is 110 Å². The summed E-state index contributed by atoms with van der Waals surface area (Å²) < 4.78 is 1.25. The molecule has 7 heteroatoms. The van der Waals surface area contributed by atoms with Crippen molar-refractivity contribution in [2.75, 3.05) is 0 Å². The molecular formula is C12H14BN5O. The summed E-state index contributed by atoms with van der Waals surface area (Å²) in [5.41, 5.74) is 7.62. The van der Waals surface area contributed by atoms with Crippen LogP contribution in [0.1, 0.15) is 6.92 Å². The van der Waals surface area contributed by atoms with Crippen molar-refractivity contribution in [1.29, 1.82) is 0 Å². The van der Waals surface area contributed by atoms with Crippen molar-refractivity contribution >= 4 is 18.8 Å². The zero-order valence-electron chi connectivity index (χ0n) is 10.6. The lowest BCUT2D eigenvalue weighted by atomic mass is 9.69. The summed E-state index contributed by atoms with van der Waals surface area (Å²) in [4.78, 5) is 18.6. The average Bonchev–Trinajstić information content (AvgIpc) is 2.80. The van der Waals surface area contributed by atoms with E-state index in [1.807, 2.05) is 13.0 Å². The molecule has 0 aliphatic heterocycles. The Morgan fingerprint density at radius 2 is 2.37 bits per heavy atom. The second-order valence-corrected chi connectivity index (χ2v) is 4.14. The smallest absolute Gasteiger partial charge is 0.275 e. The maximum absolute atomic E-state index is 11.5. The van der Waals surface area contributed by atoms with E-state index < -0.39 is 0 Å². The second-order valence-electron chi connectivity index (χ2n) is 4.14. The van der Waals surface area contributed by atoms with Crippen LogP contribution in [0.25, 0.3) is 5.78 Å². The quantitative estimate of drug-likeness (QED) is 0.564. The third kappa shape index (κ3) is 3.01. The number of aromatic amines is 1. The van der Waals surface area contributed by atoms with Gasteiger partial charge in [0.2, 0.25) is 13.1 Å². The van der Waals surface area contributed by atoms with Gasteiger partial charge in [-0.2, -0.15) is 9.61 Å². The largest absolute Gasteiger partial charge is 0.399 e. The van der Waals surface area contributed by atoms with Gasteiger partial charge in [0, 0.05) is 18.0 Å². The fraction of sp³-hybridized carbons (Fsp3) is 0.0833. The molecule has 0 spiro atoms. The first kappa shape index (κ1) is 12.9. The van der Waals surface area contributed by atoms with Crippen LogP contribution in [0.2, 0.25) is 0 Å². The lowest BCUT2D eigenvalue weighted by molar-refractivity contribution is 0.908. The predicted octanol–water partition coefficient (Wildman–Crippen LogP) is -0.588. The second kappa shape index (κ2) is 5.39. The Hall–Kier alpha value is -2.57. The third-order valence-electron chi connectivity index (χ3n) is 2.53. The summed E-state index contributed by atoms with van der Waals surface area (Å²) in [5.74, 6) is 0.441. The highest BCUT2D eigenvalue weighted by molar-refractivity contribution is 6.59. The number of aromatic nitrogens is 4. The Balaban J connectivity index is 2.24. The van der Waals surface area contributed by atoms with Crippen LogP contribution in [0.4, 0.5) is 0 Å². The van der Waals surface area contributed by atoms with Crippen molar-refractivity contribution in [3.8, 4) is 0 Å². The number of nitrogens with one attached hydrogen (secondary N) is 1. The summed E-state index contributed by atoms with van der Waals surface area (Å²) in [6.45, 7) is 5.52. The van der Waals surface area contributed by atoms with Crippen LogP contribution in [0, 0.1) is 0 Å². The fourth-order valence-electron chi connectivity index (χ4n) is 1.55. The van der Waals surface area contributed by atoms with Gasteiger partial charge in [0.05, 0.1) is 0 Å². The number of H-pyrrole nitrogens is 1. The van der Waals surface area contributed by atoms with Gasteiger partial charge < -0.3 is 10.7 Å². The van der Waals surface area contributed by atoms with Gasteiger partial charge in [-0.1, -0.05) is 25.1 Å². The number of fused-ring (bicyclic) bond motifs is 1. The molecule has 0 bridgehead atoms. The zero-order valence-corrected chi connectivity index (χ0v) is 10.6. The fourth-order valence-corrected chi connectivity index (χ4v) is 1.55. The summed E-state index contributed by atoms with van der Waals surface area (Å²) >= 11 is 0. The van der Waals surface area contributed by atoms with E-state index in [0.717, 1.165) is 5.47 Å². The molecule has 0 atom stereocenters. The van der Waals surface area contributed by atoms with Gasteiger partial charge in [0.15, 0.2) is 0 Å². The molecule has 0 aromatic carbocycles. The van der Waals surface area contributed by atoms with Crippen LogP contribution >= 0.6 is 0 Å². The highest BCUT2D eigenvalue weighted by atomic mass is 16.1. The summed E-state index contributed by atoms with van der Waals surface area (Å²) in [5, 5.41) is 4.15. The van der Waals surface area contributed by atoms with Crippen molar-refractivity contribution in [3.63, 3.8) is 0 Å². The molecule has 3 N–H and O–H groups in total. The van der Waals surface area contributed by atoms with E-state index in [1.165, 1.54) is 10.6 Å². The molecule has 0 saturated carbocycles. The third-order valence-corrected chi connectivity index (χ3v) is 2.53. The molecular weight excluding hydrogens is 241 g/mol. The van der Waals surface area contributed by atoms with E-state index in [0.29, 0.717) is 24.5 Å². The molecule has 2 aromatic heterocycles. The van der Waals surface area contributed by atoms with Crippen molar-refractivity contribution in [2.24, 2.45) is 5.73 Å². The van der Waals surface area contributed by atoms with Crippen molar-refractivity contribution in [1.82, 2.24) is 19.6 Å². The summed E-state index contributed by atoms with van der Waals surface area (Å²) in [6, 6.07) is 1.40. The van der Waals surface area contributed by atoms with E-state index in [9.17, 15) is 4.79 Å². The van der Waals surface area contributed by atoms with Gasteiger partial charge in [0.1, 0.15) is 5.72 Å². The Morgan fingerprint density at radius 3 is 3.05 bits per heavy atom. The minimum Gasteiger partial charge on any atom is -0.399 e. The molecule has 96 valence electrons. The molecule has 0 amide bonds. The minimum atomic E-state index is -0.204. The summed E-state index contributed by atoms with van der Waals surface area (Å²) in [6.07, 6.45) is 6.77. The Kier molecular flexibility index (Phi) is 3.65. The molecule has 6 nitrogen and oxygen atoms in total. The van der Waals surface area contributed by atoms with Crippen LogP contribution in [0.15, 0.2) is 53.0 Å². The molecule has 0 aliphatic carbocycles. The average molecular weight is 255 g/mol. The van der Waals surface area contributed by atoms with Gasteiger partial charge in [-0.05, 0) is 12.2 Å².